The summed E-state index contributed by atoms with van der Waals surface area (Å²) in [6.45, 7) is 3.61. The number of halogens is 1. The van der Waals surface area contributed by atoms with E-state index >= 15 is 0 Å². The van der Waals surface area contributed by atoms with Crippen molar-refractivity contribution in [1.29, 1.82) is 5.26 Å². The van der Waals surface area contributed by atoms with Crippen LogP contribution in [-0.4, -0.2) is 0 Å². The lowest BCUT2D eigenvalue weighted by Gasteiger charge is -2.11. The summed E-state index contributed by atoms with van der Waals surface area (Å²) in [5, 5.41) is 9.05. The molecule has 1 aromatic rings. The lowest BCUT2D eigenvalue weighted by Crippen LogP contribution is -2.06. The highest BCUT2D eigenvalue weighted by Gasteiger charge is 2.45. The second-order valence-electron chi connectivity index (χ2n) is 4.11. The Morgan fingerprint density at radius 1 is 1.29 bits per heavy atom. The first kappa shape index (κ1) is 9.21. The molecule has 2 rings (SSSR count). The van der Waals surface area contributed by atoms with Gasteiger partial charge < -0.3 is 0 Å². The van der Waals surface area contributed by atoms with Crippen LogP contribution in [0.5, 0.6) is 0 Å². The Kier molecular flexibility index (Phi) is 1.85. The molecular formula is C12H12FN. The molecule has 2 heteroatoms. The fourth-order valence-electron chi connectivity index (χ4n) is 1.86. The zero-order valence-corrected chi connectivity index (χ0v) is 8.39. The van der Waals surface area contributed by atoms with Crippen molar-refractivity contribution in [2.75, 3.05) is 0 Å². The fourth-order valence-corrected chi connectivity index (χ4v) is 1.86. The minimum absolute atomic E-state index is 0.181. The van der Waals surface area contributed by atoms with Crippen LogP contribution in [0.1, 0.15) is 29.5 Å². The number of hydrogen-bond acceptors (Lipinski definition) is 1. The summed E-state index contributed by atoms with van der Waals surface area (Å²) in [4.78, 5) is 0. The average Bonchev–Trinajstić information content (AvgIpc) is 2.92. The average molecular weight is 189 g/mol. The van der Waals surface area contributed by atoms with Gasteiger partial charge in [-0.15, -0.1) is 0 Å². The summed E-state index contributed by atoms with van der Waals surface area (Å²) in [6, 6.07) is 5.68. The van der Waals surface area contributed by atoms with Gasteiger partial charge in [-0.25, -0.2) is 4.39 Å². The van der Waals surface area contributed by atoms with E-state index in [9.17, 15) is 4.39 Å². The van der Waals surface area contributed by atoms with Crippen molar-refractivity contribution in [3.63, 3.8) is 0 Å². The third-order valence-electron chi connectivity index (χ3n) is 2.99. The number of aryl methyl sites for hydroxylation is 2. The van der Waals surface area contributed by atoms with Gasteiger partial charge in [0.25, 0.3) is 0 Å². The predicted octanol–water partition coefficient (Wildman–Crippen LogP) is 3.00. The summed E-state index contributed by atoms with van der Waals surface area (Å²) < 4.78 is 13.2. The Hall–Kier alpha value is -1.36. The van der Waals surface area contributed by atoms with Gasteiger partial charge in [0.2, 0.25) is 0 Å². The molecule has 0 aliphatic heterocycles. The molecule has 0 heterocycles. The second kappa shape index (κ2) is 2.81. The zero-order valence-electron chi connectivity index (χ0n) is 8.39. The minimum atomic E-state index is -0.303. The lowest BCUT2D eigenvalue weighted by atomic mass is 9.91. The molecular weight excluding hydrogens is 177 g/mol. The van der Waals surface area contributed by atoms with Crippen molar-refractivity contribution in [2.24, 2.45) is 0 Å². The number of hydrogen-bond donors (Lipinski definition) is 0. The molecule has 0 atom stereocenters. The molecule has 14 heavy (non-hydrogen) atoms. The summed E-state index contributed by atoms with van der Waals surface area (Å²) in [5.74, 6) is -0.181. The topological polar surface area (TPSA) is 23.8 Å². The predicted molar refractivity (Wildman–Crippen MR) is 52.4 cm³/mol. The van der Waals surface area contributed by atoms with E-state index in [0.717, 1.165) is 24.0 Å². The monoisotopic (exact) mass is 189 g/mol. The van der Waals surface area contributed by atoms with E-state index in [0.29, 0.717) is 5.56 Å². The third-order valence-corrected chi connectivity index (χ3v) is 2.99. The van der Waals surface area contributed by atoms with E-state index in [2.05, 4.69) is 6.07 Å². The van der Waals surface area contributed by atoms with Crippen molar-refractivity contribution in [2.45, 2.75) is 32.1 Å². The van der Waals surface area contributed by atoms with Crippen molar-refractivity contribution < 1.29 is 4.39 Å². The first-order valence-electron chi connectivity index (χ1n) is 4.77. The summed E-state index contributed by atoms with van der Waals surface area (Å²) in [7, 11) is 0. The molecule has 1 aliphatic carbocycles. The highest BCUT2D eigenvalue weighted by atomic mass is 19.1. The summed E-state index contributed by atoms with van der Waals surface area (Å²) in [6.07, 6.45) is 1.82. The maximum absolute atomic E-state index is 13.2. The van der Waals surface area contributed by atoms with Gasteiger partial charge in [-0.1, -0.05) is 6.07 Å². The van der Waals surface area contributed by atoms with Crippen molar-refractivity contribution in [3.8, 4) is 6.07 Å². The molecule has 0 saturated heterocycles. The molecule has 1 saturated carbocycles. The fraction of sp³-hybridized carbons (Fsp3) is 0.417. The molecule has 0 unspecified atom stereocenters. The maximum atomic E-state index is 13.2. The second-order valence-corrected chi connectivity index (χ2v) is 4.11. The third kappa shape index (κ3) is 1.21. The quantitative estimate of drug-likeness (QED) is 0.666. The minimum Gasteiger partial charge on any atom is -0.207 e. The number of rotatable bonds is 1. The maximum Gasteiger partial charge on any atom is 0.126 e. The number of nitrogens with zero attached hydrogens (tertiary/aromatic N) is 1. The Morgan fingerprint density at radius 2 is 1.93 bits per heavy atom. The SMILES string of the molecule is Cc1cc(C2(C#N)CC2)c(C)cc1F. The zero-order chi connectivity index (χ0) is 10.3. The smallest absolute Gasteiger partial charge is 0.126 e. The Balaban J connectivity index is 2.55. The molecule has 1 aliphatic rings. The molecule has 1 aromatic carbocycles. The molecule has 0 radical (unpaired) electrons. The van der Waals surface area contributed by atoms with E-state index in [1.54, 1.807) is 6.92 Å². The van der Waals surface area contributed by atoms with Gasteiger partial charge in [-0.05, 0) is 49.4 Å². The molecule has 0 spiro atoms. The van der Waals surface area contributed by atoms with E-state index < -0.39 is 0 Å². The van der Waals surface area contributed by atoms with Gasteiger partial charge in [0, 0.05) is 0 Å². The summed E-state index contributed by atoms with van der Waals surface area (Å²) >= 11 is 0. The van der Waals surface area contributed by atoms with Crippen molar-refractivity contribution in [1.82, 2.24) is 0 Å². The van der Waals surface area contributed by atoms with Crippen LogP contribution in [0, 0.1) is 31.0 Å². The van der Waals surface area contributed by atoms with Gasteiger partial charge in [-0.2, -0.15) is 5.26 Å². The molecule has 1 nitrogen and oxygen atoms in total. The van der Waals surface area contributed by atoms with Gasteiger partial charge >= 0.3 is 0 Å². The molecule has 0 N–H and O–H groups in total. The standard InChI is InChI=1S/C12H12FN/c1-8-6-11(13)9(2)5-10(8)12(7-14)3-4-12/h5-6H,3-4H2,1-2H3. The van der Waals surface area contributed by atoms with E-state index in [1.165, 1.54) is 6.07 Å². The first-order chi connectivity index (χ1) is 6.59. The number of nitriles is 1. The van der Waals surface area contributed by atoms with Gasteiger partial charge in [0.05, 0.1) is 11.5 Å². The van der Waals surface area contributed by atoms with Crippen LogP contribution < -0.4 is 0 Å². The van der Waals surface area contributed by atoms with Gasteiger partial charge in [0.1, 0.15) is 5.82 Å². The van der Waals surface area contributed by atoms with Crippen LogP contribution in [0.3, 0.4) is 0 Å². The van der Waals surface area contributed by atoms with Crippen molar-refractivity contribution >= 4 is 0 Å². The van der Waals surface area contributed by atoms with Crippen LogP contribution in [-0.2, 0) is 5.41 Å². The Morgan fingerprint density at radius 3 is 2.43 bits per heavy atom. The molecule has 0 bridgehead atoms. The van der Waals surface area contributed by atoms with E-state index in [1.807, 2.05) is 13.0 Å². The highest BCUT2D eigenvalue weighted by molar-refractivity contribution is 5.45. The van der Waals surface area contributed by atoms with Crippen molar-refractivity contribution in [3.05, 3.63) is 34.6 Å². The van der Waals surface area contributed by atoms with Crippen LogP contribution in [0.25, 0.3) is 0 Å². The van der Waals surface area contributed by atoms with Gasteiger partial charge in [-0.3, -0.25) is 0 Å². The number of benzene rings is 1. The van der Waals surface area contributed by atoms with Crippen LogP contribution in [0.4, 0.5) is 4.39 Å². The Labute approximate surface area is 83.2 Å². The first-order valence-corrected chi connectivity index (χ1v) is 4.77. The lowest BCUT2D eigenvalue weighted by molar-refractivity contribution is 0.615. The largest absolute Gasteiger partial charge is 0.207 e. The molecule has 0 amide bonds. The van der Waals surface area contributed by atoms with E-state index in [4.69, 9.17) is 5.26 Å². The van der Waals surface area contributed by atoms with Crippen LogP contribution in [0.15, 0.2) is 12.1 Å². The van der Waals surface area contributed by atoms with Gasteiger partial charge in [0.15, 0.2) is 0 Å². The van der Waals surface area contributed by atoms with Crippen LogP contribution >= 0.6 is 0 Å². The normalized spacial score (nSPS) is 17.6. The van der Waals surface area contributed by atoms with E-state index in [-0.39, 0.29) is 11.2 Å². The molecule has 1 fully saturated rings. The molecule has 72 valence electrons. The highest BCUT2D eigenvalue weighted by Crippen LogP contribution is 2.48. The summed E-state index contributed by atoms with van der Waals surface area (Å²) in [5.41, 5.74) is 2.24. The Bertz CT molecular complexity index is 425. The molecule has 0 aromatic heterocycles. The van der Waals surface area contributed by atoms with Crippen LogP contribution in [0.2, 0.25) is 0 Å².